The molecule has 158 valence electrons. The second-order valence-electron chi connectivity index (χ2n) is 6.55. The van der Waals surface area contributed by atoms with Gasteiger partial charge in [0.25, 0.3) is 11.8 Å². The molecule has 0 bridgehead atoms. The van der Waals surface area contributed by atoms with Gasteiger partial charge in [0.15, 0.2) is 5.75 Å². The van der Waals surface area contributed by atoms with Crippen LogP contribution in [0, 0.1) is 10.1 Å². The summed E-state index contributed by atoms with van der Waals surface area (Å²) in [5, 5.41) is 16.8. The first kappa shape index (κ1) is 21.5. The van der Waals surface area contributed by atoms with E-state index >= 15 is 0 Å². The molecule has 0 heterocycles. The monoisotopic (exact) mass is 419 g/mol. The highest BCUT2D eigenvalue weighted by Gasteiger charge is 2.25. The molecular weight excluding hydrogens is 398 g/mol. The summed E-state index contributed by atoms with van der Waals surface area (Å²) in [7, 11) is 0. The number of para-hydroxylation sites is 1. The molecule has 31 heavy (non-hydrogen) atoms. The Kier molecular flexibility index (Phi) is 6.95. The quantitative estimate of drug-likeness (QED) is 0.422. The number of ether oxygens (including phenoxy) is 1. The predicted octanol–water partition coefficient (Wildman–Crippen LogP) is 4.10. The lowest BCUT2D eigenvalue weighted by Gasteiger charge is -2.19. The number of nitro benzene ring substituents is 1. The number of nitro groups is 1. The van der Waals surface area contributed by atoms with E-state index < -0.39 is 22.8 Å². The third-order valence-corrected chi connectivity index (χ3v) is 4.43. The zero-order valence-electron chi connectivity index (χ0n) is 16.8. The SMILES string of the molecule is CCOc1ccc(C(=O)NC(C(=O)Nc2ccccc2)c2ccccc2)cc1[N+](=O)[O-]. The average molecular weight is 419 g/mol. The molecule has 2 amide bonds. The Bertz CT molecular complexity index is 1070. The summed E-state index contributed by atoms with van der Waals surface area (Å²) in [6.45, 7) is 1.96. The fourth-order valence-corrected chi connectivity index (χ4v) is 2.97. The van der Waals surface area contributed by atoms with Crippen molar-refractivity contribution in [2.24, 2.45) is 0 Å². The first-order chi connectivity index (χ1) is 15.0. The number of rotatable bonds is 8. The maximum absolute atomic E-state index is 12.9. The molecule has 0 aliphatic rings. The molecule has 0 saturated heterocycles. The van der Waals surface area contributed by atoms with E-state index in [1.807, 2.05) is 6.07 Å². The molecule has 8 nitrogen and oxygen atoms in total. The number of nitrogens with one attached hydrogen (secondary N) is 2. The Morgan fingerprint density at radius 3 is 2.26 bits per heavy atom. The van der Waals surface area contributed by atoms with Crippen molar-refractivity contribution < 1.29 is 19.2 Å². The van der Waals surface area contributed by atoms with Crippen LogP contribution in [0.5, 0.6) is 5.75 Å². The van der Waals surface area contributed by atoms with Crippen LogP contribution in [0.3, 0.4) is 0 Å². The van der Waals surface area contributed by atoms with E-state index in [0.29, 0.717) is 11.3 Å². The van der Waals surface area contributed by atoms with Crippen molar-refractivity contribution >= 4 is 23.2 Å². The van der Waals surface area contributed by atoms with Gasteiger partial charge >= 0.3 is 5.69 Å². The molecule has 3 aromatic rings. The summed E-state index contributed by atoms with van der Waals surface area (Å²) in [4.78, 5) is 36.6. The highest BCUT2D eigenvalue weighted by atomic mass is 16.6. The predicted molar refractivity (Wildman–Crippen MR) is 116 cm³/mol. The first-order valence-electron chi connectivity index (χ1n) is 9.62. The van der Waals surface area contributed by atoms with Crippen LogP contribution in [-0.4, -0.2) is 23.3 Å². The number of anilines is 1. The Labute approximate surface area is 179 Å². The van der Waals surface area contributed by atoms with E-state index in [-0.39, 0.29) is 23.6 Å². The molecule has 1 atom stereocenters. The van der Waals surface area contributed by atoms with Gasteiger partial charge in [-0.25, -0.2) is 0 Å². The van der Waals surface area contributed by atoms with E-state index in [1.165, 1.54) is 12.1 Å². The Morgan fingerprint density at radius 2 is 1.65 bits per heavy atom. The Morgan fingerprint density at radius 1 is 1.00 bits per heavy atom. The van der Waals surface area contributed by atoms with Crippen molar-refractivity contribution in [1.29, 1.82) is 0 Å². The molecule has 3 aromatic carbocycles. The minimum absolute atomic E-state index is 0.0450. The first-order valence-corrected chi connectivity index (χ1v) is 9.62. The number of benzene rings is 3. The van der Waals surface area contributed by atoms with Gasteiger partial charge in [-0.15, -0.1) is 0 Å². The molecular formula is C23H21N3O5. The van der Waals surface area contributed by atoms with E-state index in [4.69, 9.17) is 4.74 Å². The zero-order chi connectivity index (χ0) is 22.2. The van der Waals surface area contributed by atoms with Gasteiger partial charge in [0, 0.05) is 17.3 Å². The number of carbonyl (C=O) groups is 2. The molecule has 2 N–H and O–H groups in total. The number of carbonyl (C=O) groups excluding carboxylic acids is 2. The van der Waals surface area contributed by atoms with Crippen molar-refractivity contribution in [2.75, 3.05) is 11.9 Å². The van der Waals surface area contributed by atoms with Crippen LogP contribution in [0.4, 0.5) is 11.4 Å². The lowest BCUT2D eigenvalue weighted by molar-refractivity contribution is -0.385. The van der Waals surface area contributed by atoms with Gasteiger partial charge in [-0.3, -0.25) is 19.7 Å². The highest BCUT2D eigenvalue weighted by Crippen LogP contribution is 2.28. The van der Waals surface area contributed by atoms with Gasteiger partial charge < -0.3 is 15.4 Å². The summed E-state index contributed by atoms with van der Waals surface area (Å²) in [6.07, 6.45) is 0. The number of hydrogen-bond donors (Lipinski definition) is 2. The van der Waals surface area contributed by atoms with Gasteiger partial charge in [0.1, 0.15) is 6.04 Å². The molecule has 0 spiro atoms. The van der Waals surface area contributed by atoms with Gasteiger partial charge in [-0.05, 0) is 36.8 Å². The molecule has 1 unspecified atom stereocenters. The lowest BCUT2D eigenvalue weighted by atomic mass is 10.0. The van der Waals surface area contributed by atoms with Gasteiger partial charge in [-0.2, -0.15) is 0 Å². The standard InChI is InChI=1S/C23H21N3O5/c1-2-31-20-14-13-17(15-19(20)26(29)30)22(27)25-21(16-9-5-3-6-10-16)23(28)24-18-11-7-4-8-12-18/h3-15,21H,2H2,1H3,(H,24,28)(H,25,27). The largest absolute Gasteiger partial charge is 0.487 e. The normalized spacial score (nSPS) is 11.3. The minimum atomic E-state index is -1.00. The number of nitrogens with zero attached hydrogens (tertiary/aromatic N) is 1. The minimum Gasteiger partial charge on any atom is -0.487 e. The molecule has 0 aliphatic heterocycles. The van der Waals surface area contributed by atoms with Crippen molar-refractivity contribution in [3.8, 4) is 5.75 Å². The Balaban J connectivity index is 1.87. The molecule has 0 aliphatic carbocycles. The van der Waals surface area contributed by atoms with E-state index in [2.05, 4.69) is 10.6 Å². The summed E-state index contributed by atoms with van der Waals surface area (Å²) in [6, 6.07) is 20.5. The van der Waals surface area contributed by atoms with Crippen LogP contribution in [0.25, 0.3) is 0 Å². The summed E-state index contributed by atoms with van der Waals surface area (Å²) < 4.78 is 5.25. The molecule has 0 aromatic heterocycles. The number of hydrogen-bond acceptors (Lipinski definition) is 5. The fraction of sp³-hybridized carbons (Fsp3) is 0.130. The maximum Gasteiger partial charge on any atom is 0.311 e. The van der Waals surface area contributed by atoms with Crippen LogP contribution >= 0.6 is 0 Å². The van der Waals surface area contributed by atoms with Crippen molar-refractivity contribution in [3.63, 3.8) is 0 Å². The second kappa shape index (κ2) is 10.0. The average Bonchev–Trinajstić information content (AvgIpc) is 2.78. The maximum atomic E-state index is 12.9. The third kappa shape index (κ3) is 5.45. The van der Waals surface area contributed by atoms with Crippen molar-refractivity contribution in [1.82, 2.24) is 5.32 Å². The van der Waals surface area contributed by atoms with E-state index in [9.17, 15) is 19.7 Å². The Hall–Kier alpha value is -4.20. The van der Waals surface area contributed by atoms with Gasteiger partial charge in [0.2, 0.25) is 0 Å². The molecule has 0 radical (unpaired) electrons. The zero-order valence-corrected chi connectivity index (χ0v) is 16.8. The van der Waals surface area contributed by atoms with E-state index in [0.717, 1.165) is 6.07 Å². The topological polar surface area (TPSA) is 111 Å². The van der Waals surface area contributed by atoms with Crippen LogP contribution in [0.1, 0.15) is 28.9 Å². The van der Waals surface area contributed by atoms with E-state index in [1.54, 1.807) is 61.5 Å². The molecule has 0 saturated carbocycles. The second-order valence-corrected chi connectivity index (χ2v) is 6.55. The summed E-state index contributed by atoms with van der Waals surface area (Å²) >= 11 is 0. The van der Waals surface area contributed by atoms with Gasteiger partial charge in [-0.1, -0.05) is 48.5 Å². The lowest BCUT2D eigenvalue weighted by Crippen LogP contribution is -2.37. The fourth-order valence-electron chi connectivity index (χ4n) is 2.97. The summed E-state index contributed by atoms with van der Waals surface area (Å²) in [5.41, 5.74) is 0.882. The molecule has 3 rings (SSSR count). The third-order valence-electron chi connectivity index (χ3n) is 4.43. The smallest absolute Gasteiger partial charge is 0.311 e. The van der Waals surface area contributed by atoms with Gasteiger partial charge in [0.05, 0.1) is 11.5 Å². The van der Waals surface area contributed by atoms with Crippen molar-refractivity contribution in [3.05, 3.63) is 100 Å². The van der Waals surface area contributed by atoms with Crippen LogP contribution < -0.4 is 15.4 Å². The van der Waals surface area contributed by atoms with Crippen LogP contribution in [0.15, 0.2) is 78.9 Å². The van der Waals surface area contributed by atoms with Crippen molar-refractivity contribution in [2.45, 2.75) is 13.0 Å². The van der Waals surface area contributed by atoms with Crippen LogP contribution in [-0.2, 0) is 4.79 Å². The molecule has 0 fully saturated rings. The van der Waals surface area contributed by atoms with Crippen LogP contribution in [0.2, 0.25) is 0 Å². The summed E-state index contributed by atoms with van der Waals surface area (Å²) in [5.74, 6) is -0.986. The number of amides is 2. The highest BCUT2D eigenvalue weighted by molar-refractivity contribution is 6.02. The molecule has 8 heteroatoms.